The van der Waals surface area contributed by atoms with Crippen LogP contribution in [-0.2, 0) is 14.3 Å². The van der Waals surface area contributed by atoms with E-state index in [1.165, 1.54) is 23.8 Å². The van der Waals surface area contributed by atoms with Gasteiger partial charge in [0.1, 0.15) is 12.1 Å². The van der Waals surface area contributed by atoms with Gasteiger partial charge in [-0.1, -0.05) is 13.8 Å². The number of rotatable bonds is 4. The quantitative estimate of drug-likeness (QED) is 0.725. The molecule has 0 aliphatic carbocycles. The Morgan fingerprint density at radius 2 is 2.05 bits per heavy atom. The molecule has 7 nitrogen and oxygen atoms in total. The summed E-state index contributed by atoms with van der Waals surface area (Å²) in [5.41, 5.74) is 0. The summed E-state index contributed by atoms with van der Waals surface area (Å²) in [7, 11) is 1.25. The van der Waals surface area contributed by atoms with Crippen LogP contribution in [0.25, 0.3) is 0 Å². The first kappa shape index (κ1) is 15.6. The van der Waals surface area contributed by atoms with Crippen molar-refractivity contribution in [3.63, 3.8) is 0 Å². The molecule has 1 heterocycles. The van der Waals surface area contributed by atoms with Gasteiger partial charge in [-0.25, -0.2) is 14.4 Å². The predicted octanol–water partition coefficient (Wildman–Crippen LogP) is 0.353. The van der Waals surface area contributed by atoms with Crippen LogP contribution >= 0.6 is 11.8 Å². The van der Waals surface area contributed by atoms with E-state index in [4.69, 9.17) is 5.11 Å². The van der Waals surface area contributed by atoms with Gasteiger partial charge in [-0.15, -0.1) is 11.8 Å². The maximum Gasteiger partial charge on any atom is 0.328 e. The van der Waals surface area contributed by atoms with E-state index in [-0.39, 0.29) is 5.92 Å². The summed E-state index contributed by atoms with van der Waals surface area (Å²) in [5.74, 6) is -1.07. The van der Waals surface area contributed by atoms with Crippen LogP contribution in [0.3, 0.4) is 0 Å². The van der Waals surface area contributed by atoms with Crippen molar-refractivity contribution < 1.29 is 24.2 Å². The third-order valence-electron chi connectivity index (χ3n) is 2.83. The van der Waals surface area contributed by atoms with E-state index < -0.39 is 30.1 Å². The molecular weight excluding hydrogens is 272 g/mol. The van der Waals surface area contributed by atoms with E-state index in [2.05, 4.69) is 10.1 Å². The van der Waals surface area contributed by atoms with E-state index in [1.54, 1.807) is 13.8 Å². The number of carboxylic acid groups (broad SMARTS) is 1. The second-order valence-electron chi connectivity index (χ2n) is 4.52. The number of nitrogens with one attached hydrogen (secondary N) is 1. The molecule has 0 aromatic carbocycles. The van der Waals surface area contributed by atoms with Gasteiger partial charge in [0.05, 0.1) is 13.0 Å². The van der Waals surface area contributed by atoms with Crippen molar-refractivity contribution in [2.24, 2.45) is 5.92 Å². The lowest BCUT2D eigenvalue weighted by Crippen LogP contribution is -2.53. The van der Waals surface area contributed by atoms with Crippen molar-refractivity contribution in [3.8, 4) is 0 Å². The predicted molar refractivity (Wildman–Crippen MR) is 69.8 cm³/mol. The van der Waals surface area contributed by atoms with Gasteiger partial charge in [-0.2, -0.15) is 0 Å². The Balaban J connectivity index is 2.71. The highest BCUT2D eigenvalue weighted by atomic mass is 32.2. The number of methoxy groups -OCH3 is 1. The number of hydrogen-bond donors (Lipinski definition) is 2. The molecule has 0 radical (unpaired) electrons. The summed E-state index contributed by atoms with van der Waals surface area (Å²) in [4.78, 5) is 35.8. The number of aliphatic carboxylic acids is 1. The molecule has 108 valence electrons. The first-order valence-electron chi connectivity index (χ1n) is 5.84. The molecule has 2 unspecified atom stereocenters. The third-order valence-corrected chi connectivity index (χ3v) is 3.84. The van der Waals surface area contributed by atoms with Crippen molar-refractivity contribution in [3.05, 3.63) is 0 Å². The summed E-state index contributed by atoms with van der Waals surface area (Å²) in [6.45, 7) is 3.55. The van der Waals surface area contributed by atoms with Crippen LogP contribution in [0.4, 0.5) is 4.79 Å². The van der Waals surface area contributed by atoms with Crippen LogP contribution in [0, 0.1) is 5.92 Å². The van der Waals surface area contributed by atoms with E-state index in [0.717, 1.165) is 0 Å². The van der Waals surface area contributed by atoms with Crippen LogP contribution in [0.15, 0.2) is 0 Å². The summed E-state index contributed by atoms with van der Waals surface area (Å²) >= 11 is 1.36. The summed E-state index contributed by atoms with van der Waals surface area (Å²) in [6, 6.07) is -2.19. The average molecular weight is 290 g/mol. The number of urea groups is 1. The zero-order chi connectivity index (χ0) is 14.6. The van der Waals surface area contributed by atoms with E-state index in [0.29, 0.717) is 11.6 Å². The standard InChI is InChI=1S/C11H18N2O5S/c1-6(2)8(10(16)18-3)12-11(17)13-5-19-4-7(13)9(14)15/h6-8H,4-5H2,1-3H3,(H,12,17)(H,14,15). The van der Waals surface area contributed by atoms with Gasteiger partial charge in [0.15, 0.2) is 0 Å². The van der Waals surface area contributed by atoms with Gasteiger partial charge in [0, 0.05) is 5.75 Å². The maximum absolute atomic E-state index is 12.0. The number of carboxylic acids is 1. The number of thioether (sulfide) groups is 1. The van der Waals surface area contributed by atoms with Crippen molar-refractivity contribution in [2.45, 2.75) is 25.9 Å². The van der Waals surface area contributed by atoms with Gasteiger partial charge in [-0.05, 0) is 5.92 Å². The van der Waals surface area contributed by atoms with Crippen molar-refractivity contribution >= 4 is 29.7 Å². The summed E-state index contributed by atoms with van der Waals surface area (Å²) in [6.07, 6.45) is 0. The molecule has 0 aromatic rings. The topological polar surface area (TPSA) is 95.9 Å². The highest BCUT2D eigenvalue weighted by Gasteiger charge is 2.36. The maximum atomic E-state index is 12.0. The van der Waals surface area contributed by atoms with Crippen LogP contribution in [0.5, 0.6) is 0 Å². The van der Waals surface area contributed by atoms with Gasteiger partial charge in [0.2, 0.25) is 0 Å². The van der Waals surface area contributed by atoms with Gasteiger partial charge >= 0.3 is 18.0 Å². The molecule has 19 heavy (non-hydrogen) atoms. The Hall–Kier alpha value is -1.44. The first-order valence-corrected chi connectivity index (χ1v) is 6.99. The van der Waals surface area contributed by atoms with Gasteiger partial charge in [0.25, 0.3) is 0 Å². The molecule has 0 aromatic heterocycles. The zero-order valence-electron chi connectivity index (χ0n) is 11.1. The highest BCUT2D eigenvalue weighted by molar-refractivity contribution is 7.99. The third kappa shape index (κ3) is 3.76. The lowest BCUT2D eigenvalue weighted by atomic mass is 10.1. The number of carbonyl (C=O) groups excluding carboxylic acids is 2. The van der Waals surface area contributed by atoms with Gasteiger partial charge in [-0.3, -0.25) is 0 Å². The van der Waals surface area contributed by atoms with Crippen molar-refractivity contribution in [1.82, 2.24) is 10.2 Å². The minimum Gasteiger partial charge on any atom is -0.480 e. The average Bonchev–Trinajstić information content (AvgIpc) is 2.83. The Morgan fingerprint density at radius 3 is 2.53 bits per heavy atom. The van der Waals surface area contributed by atoms with Crippen LogP contribution in [0.2, 0.25) is 0 Å². The number of hydrogen-bond acceptors (Lipinski definition) is 5. The summed E-state index contributed by atoms with van der Waals surface area (Å²) in [5, 5.41) is 11.5. The molecule has 1 saturated heterocycles. The second kappa shape index (κ2) is 6.65. The molecule has 2 N–H and O–H groups in total. The minimum atomic E-state index is -1.04. The molecule has 0 bridgehead atoms. The van der Waals surface area contributed by atoms with Crippen LogP contribution in [0.1, 0.15) is 13.8 Å². The van der Waals surface area contributed by atoms with E-state index in [1.807, 2.05) is 0 Å². The Bertz CT molecular complexity index is 374. The fourth-order valence-electron chi connectivity index (χ4n) is 1.69. The number of ether oxygens (including phenoxy) is 1. The molecule has 2 atom stereocenters. The molecule has 1 fully saturated rings. The largest absolute Gasteiger partial charge is 0.480 e. The molecule has 1 rings (SSSR count). The Morgan fingerprint density at radius 1 is 1.42 bits per heavy atom. The lowest BCUT2D eigenvalue weighted by molar-refractivity contribution is -0.144. The number of carbonyl (C=O) groups is 3. The fraction of sp³-hybridized carbons (Fsp3) is 0.727. The number of nitrogens with zero attached hydrogens (tertiary/aromatic N) is 1. The first-order chi connectivity index (χ1) is 8.88. The van der Waals surface area contributed by atoms with E-state index >= 15 is 0 Å². The Kier molecular flexibility index (Phi) is 5.46. The number of amides is 2. The molecule has 1 aliphatic heterocycles. The molecule has 0 spiro atoms. The minimum absolute atomic E-state index is 0.144. The van der Waals surface area contributed by atoms with Crippen LogP contribution < -0.4 is 5.32 Å². The molecule has 1 aliphatic rings. The van der Waals surface area contributed by atoms with Crippen LogP contribution in [-0.4, -0.2) is 58.8 Å². The SMILES string of the molecule is COC(=O)C(NC(=O)N1CSCC1C(=O)O)C(C)C. The lowest BCUT2D eigenvalue weighted by Gasteiger charge is -2.25. The van der Waals surface area contributed by atoms with Crippen molar-refractivity contribution in [2.75, 3.05) is 18.7 Å². The van der Waals surface area contributed by atoms with Crippen molar-refractivity contribution in [1.29, 1.82) is 0 Å². The normalized spacial score (nSPS) is 20.2. The number of esters is 1. The molecule has 2 amide bonds. The second-order valence-corrected chi connectivity index (χ2v) is 5.52. The van der Waals surface area contributed by atoms with Gasteiger partial charge < -0.3 is 20.1 Å². The van der Waals surface area contributed by atoms with E-state index in [9.17, 15) is 14.4 Å². The highest BCUT2D eigenvalue weighted by Crippen LogP contribution is 2.21. The smallest absolute Gasteiger partial charge is 0.328 e. The summed E-state index contributed by atoms with van der Waals surface area (Å²) < 4.78 is 4.62. The molecule has 8 heteroatoms. The zero-order valence-corrected chi connectivity index (χ0v) is 11.9. The molecule has 0 saturated carbocycles. The fourth-order valence-corrected chi connectivity index (χ4v) is 2.83. The molecular formula is C11H18N2O5S. The monoisotopic (exact) mass is 290 g/mol. The Labute approximate surface area is 115 Å².